The summed E-state index contributed by atoms with van der Waals surface area (Å²) in [5.41, 5.74) is 2.24. The van der Waals surface area contributed by atoms with Crippen LogP contribution in [0.2, 0.25) is 0 Å². The summed E-state index contributed by atoms with van der Waals surface area (Å²) < 4.78 is 14.6. The molecular weight excluding hydrogens is 257 g/mol. The zero-order chi connectivity index (χ0) is 13.9. The molecule has 5 heteroatoms. The van der Waals surface area contributed by atoms with E-state index in [1.807, 2.05) is 30.3 Å². The van der Waals surface area contributed by atoms with Gasteiger partial charge in [-0.05, 0) is 36.4 Å². The molecule has 0 saturated carbocycles. The molecule has 1 aromatic heterocycles. The second-order valence-corrected chi connectivity index (χ2v) is 4.20. The number of para-hydroxylation sites is 1. The molecule has 0 bridgehead atoms. The van der Waals surface area contributed by atoms with Crippen molar-refractivity contribution in [1.82, 2.24) is 15.0 Å². The Hall–Kier alpha value is -2.82. The van der Waals surface area contributed by atoms with Gasteiger partial charge < -0.3 is 0 Å². The number of nitrogens with zero attached hydrogens (tertiary/aromatic N) is 3. The third-order valence-corrected chi connectivity index (χ3v) is 2.93. The molecule has 1 heterocycles. The van der Waals surface area contributed by atoms with E-state index in [2.05, 4.69) is 10.3 Å². The average Bonchev–Trinajstić information content (AvgIpc) is 2.93. The fourth-order valence-electron chi connectivity index (χ4n) is 2.00. The Labute approximate surface area is 114 Å². The van der Waals surface area contributed by atoms with Crippen LogP contribution < -0.4 is 0 Å². The van der Waals surface area contributed by atoms with Crippen LogP contribution in [0.4, 0.5) is 4.39 Å². The monoisotopic (exact) mass is 267 g/mol. The van der Waals surface area contributed by atoms with Gasteiger partial charge in [0.1, 0.15) is 11.5 Å². The summed E-state index contributed by atoms with van der Waals surface area (Å²) in [4.78, 5) is 11.1. The third-order valence-electron chi connectivity index (χ3n) is 2.93. The highest BCUT2D eigenvalue weighted by molar-refractivity contribution is 5.83. The van der Waals surface area contributed by atoms with Crippen molar-refractivity contribution in [3.63, 3.8) is 0 Å². The van der Waals surface area contributed by atoms with Crippen molar-refractivity contribution in [2.24, 2.45) is 0 Å². The SMILES string of the molecule is O=Cc1nnn(-c2ccccc2)c1-c1ccc(F)cc1. The fourth-order valence-corrected chi connectivity index (χ4v) is 2.00. The summed E-state index contributed by atoms with van der Waals surface area (Å²) in [5.74, 6) is -0.333. The van der Waals surface area contributed by atoms with Gasteiger partial charge in [-0.2, -0.15) is 0 Å². The van der Waals surface area contributed by atoms with E-state index in [-0.39, 0.29) is 11.5 Å². The van der Waals surface area contributed by atoms with E-state index < -0.39 is 0 Å². The van der Waals surface area contributed by atoms with E-state index in [0.717, 1.165) is 5.69 Å². The van der Waals surface area contributed by atoms with Crippen LogP contribution in [0.15, 0.2) is 54.6 Å². The lowest BCUT2D eigenvalue weighted by molar-refractivity contribution is 0.111. The second kappa shape index (κ2) is 5.05. The van der Waals surface area contributed by atoms with Crippen LogP contribution >= 0.6 is 0 Å². The van der Waals surface area contributed by atoms with Crippen molar-refractivity contribution in [2.45, 2.75) is 0 Å². The number of halogens is 1. The third kappa shape index (κ3) is 2.09. The van der Waals surface area contributed by atoms with Gasteiger partial charge in [-0.25, -0.2) is 9.07 Å². The quantitative estimate of drug-likeness (QED) is 0.685. The van der Waals surface area contributed by atoms with Crippen LogP contribution in [-0.4, -0.2) is 21.3 Å². The van der Waals surface area contributed by atoms with Gasteiger partial charge in [0.2, 0.25) is 0 Å². The van der Waals surface area contributed by atoms with E-state index in [1.165, 1.54) is 12.1 Å². The topological polar surface area (TPSA) is 47.8 Å². The number of hydrogen-bond acceptors (Lipinski definition) is 3. The summed E-state index contributed by atoms with van der Waals surface area (Å²) in [6, 6.07) is 15.2. The molecule has 0 amide bonds. The Morgan fingerprint density at radius 3 is 2.35 bits per heavy atom. The average molecular weight is 267 g/mol. The van der Waals surface area contributed by atoms with Gasteiger partial charge in [0.15, 0.2) is 12.0 Å². The van der Waals surface area contributed by atoms with Gasteiger partial charge in [-0.1, -0.05) is 23.4 Å². The van der Waals surface area contributed by atoms with Crippen molar-refractivity contribution in [2.75, 3.05) is 0 Å². The highest BCUT2D eigenvalue weighted by Crippen LogP contribution is 2.24. The first-order valence-corrected chi connectivity index (χ1v) is 6.02. The molecule has 98 valence electrons. The lowest BCUT2D eigenvalue weighted by Crippen LogP contribution is -1.99. The highest BCUT2D eigenvalue weighted by atomic mass is 19.1. The summed E-state index contributed by atoms with van der Waals surface area (Å²) >= 11 is 0. The van der Waals surface area contributed by atoms with Gasteiger partial charge in [-0.15, -0.1) is 5.10 Å². The maximum atomic E-state index is 13.0. The molecule has 0 radical (unpaired) electrons. The molecule has 0 fully saturated rings. The number of rotatable bonds is 3. The lowest BCUT2D eigenvalue weighted by Gasteiger charge is -2.06. The van der Waals surface area contributed by atoms with E-state index in [4.69, 9.17) is 0 Å². The molecule has 0 atom stereocenters. The Morgan fingerprint density at radius 2 is 1.70 bits per heavy atom. The number of aromatic nitrogens is 3. The first-order valence-electron chi connectivity index (χ1n) is 6.02. The highest BCUT2D eigenvalue weighted by Gasteiger charge is 2.15. The number of carbonyl (C=O) groups excluding carboxylic acids is 1. The molecule has 2 aromatic carbocycles. The van der Waals surface area contributed by atoms with Crippen LogP contribution in [0, 0.1) is 5.82 Å². The van der Waals surface area contributed by atoms with Crippen LogP contribution in [0.3, 0.4) is 0 Å². The van der Waals surface area contributed by atoms with E-state index in [0.29, 0.717) is 17.5 Å². The maximum Gasteiger partial charge on any atom is 0.172 e. The standard InChI is InChI=1S/C15H10FN3O/c16-12-8-6-11(7-9-12)15-14(10-20)17-18-19(15)13-4-2-1-3-5-13/h1-10H. The lowest BCUT2D eigenvalue weighted by atomic mass is 10.1. The molecular formula is C15H10FN3O. The van der Waals surface area contributed by atoms with Crippen molar-refractivity contribution in [1.29, 1.82) is 0 Å². The Kier molecular flexibility index (Phi) is 3.09. The second-order valence-electron chi connectivity index (χ2n) is 4.20. The largest absolute Gasteiger partial charge is 0.296 e. The maximum absolute atomic E-state index is 13.0. The Bertz CT molecular complexity index is 736. The number of hydrogen-bond donors (Lipinski definition) is 0. The molecule has 0 aliphatic heterocycles. The first kappa shape index (κ1) is 12.2. The number of carbonyl (C=O) groups is 1. The zero-order valence-corrected chi connectivity index (χ0v) is 10.4. The number of aldehydes is 1. The molecule has 0 saturated heterocycles. The first-order chi connectivity index (χ1) is 9.79. The van der Waals surface area contributed by atoms with Crippen LogP contribution in [0.25, 0.3) is 16.9 Å². The zero-order valence-electron chi connectivity index (χ0n) is 10.4. The minimum Gasteiger partial charge on any atom is -0.296 e. The van der Waals surface area contributed by atoms with Crippen molar-refractivity contribution in [3.05, 3.63) is 66.1 Å². The van der Waals surface area contributed by atoms with Gasteiger partial charge in [-0.3, -0.25) is 4.79 Å². The molecule has 0 N–H and O–H groups in total. The van der Waals surface area contributed by atoms with Crippen LogP contribution in [-0.2, 0) is 0 Å². The molecule has 0 aliphatic carbocycles. The van der Waals surface area contributed by atoms with Gasteiger partial charge in [0, 0.05) is 5.56 Å². The summed E-state index contributed by atoms with van der Waals surface area (Å²) in [6.45, 7) is 0. The molecule has 20 heavy (non-hydrogen) atoms. The summed E-state index contributed by atoms with van der Waals surface area (Å²) in [5, 5.41) is 7.86. The van der Waals surface area contributed by atoms with Crippen molar-refractivity contribution in [3.8, 4) is 16.9 Å². The van der Waals surface area contributed by atoms with Gasteiger partial charge >= 0.3 is 0 Å². The Balaban J connectivity index is 2.20. The molecule has 0 aliphatic rings. The van der Waals surface area contributed by atoms with Crippen LogP contribution in [0.5, 0.6) is 0 Å². The smallest absolute Gasteiger partial charge is 0.172 e. The van der Waals surface area contributed by atoms with E-state index in [9.17, 15) is 9.18 Å². The normalized spacial score (nSPS) is 10.4. The van der Waals surface area contributed by atoms with Crippen molar-refractivity contribution >= 4 is 6.29 Å². The van der Waals surface area contributed by atoms with Crippen LogP contribution in [0.1, 0.15) is 10.5 Å². The van der Waals surface area contributed by atoms with Gasteiger partial charge in [0.05, 0.1) is 5.69 Å². The van der Waals surface area contributed by atoms with E-state index in [1.54, 1.807) is 16.8 Å². The molecule has 4 nitrogen and oxygen atoms in total. The van der Waals surface area contributed by atoms with E-state index >= 15 is 0 Å². The molecule has 0 unspecified atom stereocenters. The minimum atomic E-state index is -0.333. The van der Waals surface area contributed by atoms with Gasteiger partial charge in [0.25, 0.3) is 0 Å². The summed E-state index contributed by atoms with van der Waals surface area (Å²) in [7, 11) is 0. The molecule has 3 rings (SSSR count). The predicted molar refractivity (Wildman–Crippen MR) is 72.1 cm³/mol. The molecule has 3 aromatic rings. The predicted octanol–water partition coefficient (Wildman–Crippen LogP) is 2.89. The number of benzene rings is 2. The summed E-state index contributed by atoms with van der Waals surface area (Å²) in [6.07, 6.45) is 0.644. The minimum absolute atomic E-state index is 0.223. The van der Waals surface area contributed by atoms with Crippen molar-refractivity contribution < 1.29 is 9.18 Å². The Morgan fingerprint density at radius 1 is 1.00 bits per heavy atom. The fraction of sp³-hybridized carbons (Fsp3) is 0. The molecule has 0 spiro atoms.